The number of aromatic nitrogens is 2. The van der Waals surface area contributed by atoms with Gasteiger partial charge in [0.05, 0.1) is 6.20 Å². The predicted octanol–water partition coefficient (Wildman–Crippen LogP) is 4.47. The summed E-state index contributed by atoms with van der Waals surface area (Å²) < 4.78 is 47.5. The van der Waals surface area contributed by atoms with E-state index in [-0.39, 0.29) is 12.5 Å². The first-order valence-corrected chi connectivity index (χ1v) is 11.4. The molecule has 0 saturated carbocycles. The Hall–Kier alpha value is -2.00. The molecule has 1 aromatic carbocycles. The summed E-state index contributed by atoms with van der Waals surface area (Å²) in [6, 6.07) is 4.46. The quantitative estimate of drug-likeness (QED) is 0.574. The van der Waals surface area contributed by atoms with E-state index in [1.165, 1.54) is 12.3 Å². The molecule has 0 fully saturated rings. The van der Waals surface area contributed by atoms with Gasteiger partial charge in [-0.15, -0.1) is 13.2 Å². The number of hydrogen-bond acceptors (Lipinski definition) is 4. The lowest BCUT2D eigenvalue weighted by molar-refractivity contribution is -0.274. The summed E-state index contributed by atoms with van der Waals surface area (Å²) in [5, 5.41) is 14.1. The Morgan fingerprint density at radius 1 is 1.24 bits per heavy atom. The Morgan fingerprint density at radius 3 is 2.56 bits per heavy atom. The van der Waals surface area contributed by atoms with Crippen LogP contribution in [0.4, 0.5) is 13.2 Å². The van der Waals surface area contributed by atoms with Crippen LogP contribution in [0.25, 0.3) is 11.1 Å². The fourth-order valence-corrected chi connectivity index (χ4v) is 2.82. The molecule has 25 heavy (non-hydrogen) atoms. The fourth-order valence-electron chi connectivity index (χ4n) is 2.06. The molecule has 0 aliphatic rings. The summed E-state index contributed by atoms with van der Waals surface area (Å²) >= 11 is 0. The normalized spacial score (nSPS) is 12.4. The highest BCUT2D eigenvalue weighted by Gasteiger charge is 2.31. The zero-order valence-electron chi connectivity index (χ0n) is 14.3. The van der Waals surface area contributed by atoms with Crippen LogP contribution in [0, 0.1) is 0 Å². The van der Waals surface area contributed by atoms with E-state index in [1.54, 1.807) is 10.9 Å². The second-order valence-corrected chi connectivity index (χ2v) is 12.5. The van der Waals surface area contributed by atoms with Crippen LogP contribution in [-0.4, -0.2) is 35.9 Å². The minimum absolute atomic E-state index is 0.278. The molecule has 0 bridgehead atoms. The average molecular weight is 374 g/mol. The van der Waals surface area contributed by atoms with E-state index in [2.05, 4.69) is 29.5 Å². The molecule has 0 radical (unpaired) electrons. The van der Waals surface area contributed by atoms with Gasteiger partial charge in [0.25, 0.3) is 0 Å². The molecular weight excluding hydrogens is 353 g/mol. The third kappa shape index (κ3) is 6.43. The lowest BCUT2D eigenvalue weighted by Crippen LogP contribution is -2.22. The van der Waals surface area contributed by atoms with Gasteiger partial charge in [0.2, 0.25) is 0 Å². The fraction of sp³-hybridized carbons (Fsp3) is 0.438. The topological polar surface area (TPSA) is 56.5 Å². The van der Waals surface area contributed by atoms with Gasteiger partial charge in [-0.1, -0.05) is 19.6 Å². The molecule has 0 amide bonds. The Morgan fingerprint density at radius 2 is 1.96 bits per heavy atom. The van der Waals surface area contributed by atoms with Crippen molar-refractivity contribution in [1.82, 2.24) is 9.78 Å². The van der Waals surface area contributed by atoms with Crippen LogP contribution < -0.4 is 4.74 Å². The van der Waals surface area contributed by atoms with Gasteiger partial charge in [-0.3, -0.25) is 0 Å². The number of phenolic OH excluding ortho intramolecular Hbond substituents is 1. The number of phenols is 1. The molecule has 138 valence electrons. The van der Waals surface area contributed by atoms with Gasteiger partial charge in [0.15, 0.2) is 0 Å². The van der Waals surface area contributed by atoms with E-state index >= 15 is 0 Å². The lowest BCUT2D eigenvalue weighted by Gasteiger charge is -2.15. The summed E-state index contributed by atoms with van der Waals surface area (Å²) in [6.07, 6.45) is -1.62. The monoisotopic (exact) mass is 374 g/mol. The number of benzene rings is 1. The van der Waals surface area contributed by atoms with Crippen LogP contribution in [0.3, 0.4) is 0 Å². The first-order chi connectivity index (χ1) is 11.5. The average Bonchev–Trinajstić information content (AvgIpc) is 2.89. The van der Waals surface area contributed by atoms with Crippen LogP contribution >= 0.6 is 0 Å². The molecular formula is C16H21F3N2O3Si. The van der Waals surface area contributed by atoms with Crippen LogP contribution in [0.5, 0.6) is 11.5 Å². The Balaban J connectivity index is 1.99. The zero-order chi connectivity index (χ0) is 18.7. The van der Waals surface area contributed by atoms with Gasteiger partial charge in [0.1, 0.15) is 18.2 Å². The molecule has 0 aliphatic heterocycles. The van der Waals surface area contributed by atoms with Gasteiger partial charge in [0, 0.05) is 38.1 Å². The van der Waals surface area contributed by atoms with Crippen molar-refractivity contribution in [2.45, 2.75) is 38.8 Å². The van der Waals surface area contributed by atoms with Crippen molar-refractivity contribution in [2.24, 2.45) is 0 Å². The third-order valence-electron chi connectivity index (χ3n) is 3.37. The number of ether oxygens (including phenoxy) is 2. The van der Waals surface area contributed by atoms with E-state index < -0.39 is 20.2 Å². The minimum Gasteiger partial charge on any atom is -0.507 e. The smallest absolute Gasteiger partial charge is 0.507 e. The first kappa shape index (κ1) is 19.3. The second kappa shape index (κ2) is 7.48. The molecule has 9 heteroatoms. The van der Waals surface area contributed by atoms with Crippen LogP contribution in [0.1, 0.15) is 0 Å². The summed E-state index contributed by atoms with van der Waals surface area (Å²) in [5.41, 5.74) is 0.938. The standard InChI is InChI=1S/C16H21F3N2O3Si/c1-25(2,3)7-6-23-11-21-10-12(9-20-21)14-5-4-13(8-15(14)22)24-16(17,18)19/h4-5,8-10,22H,6-7,11H2,1-3H3. The van der Waals surface area contributed by atoms with Gasteiger partial charge < -0.3 is 14.6 Å². The summed E-state index contributed by atoms with van der Waals surface area (Å²) in [6.45, 7) is 7.71. The Bertz CT molecular complexity index is 711. The Kier molecular flexibility index (Phi) is 5.78. The largest absolute Gasteiger partial charge is 0.573 e. The van der Waals surface area contributed by atoms with Crippen LogP contribution in [0.2, 0.25) is 25.7 Å². The van der Waals surface area contributed by atoms with Gasteiger partial charge in [-0.05, 0) is 18.2 Å². The van der Waals surface area contributed by atoms with Crippen molar-refractivity contribution >= 4 is 8.07 Å². The van der Waals surface area contributed by atoms with E-state index in [0.717, 1.165) is 18.2 Å². The number of rotatable bonds is 7. The lowest BCUT2D eigenvalue weighted by atomic mass is 10.1. The molecule has 1 aromatic heterocycles. The maximum absolute atomic E-state index is 12.2. The molecule has 0 spiro atoms. The number of aromatic hydroxyl groups is 1. The van der Waals surface area contributed by atoms with Crippen molar-refractivity contribution in [3.05, 3.63) is 30.6 Å². The maximum atomic E-state index is 12.2. The molecule has 0 saturated heterocycles. The molecule has 2 aromatic rings. The van der Waals surface area contributed by atoms with E-state index in [0.29, 0.717) is 17.7 Å². The maximum Gasteiger partial charge on any atom is 0.573 e. The third-order valence-corrected chi connectivity index (χ3v) is 5.07. The number of alkyl halides is 3. The number of nitrogens with zero attached hydrogens (tertiary/aromatic N) is 2. The van der Waals surface area contributed by atoms with Crippen molar-refractivity contribution in [3.8, 4) is 22.6 Å². The Labute approximate surface area is 145 Å². The van der Waals surface area contributed by atoms with E-state index in [4.69, 9.17) is 4.74 Å². The summed E-state index contributed by atoms with van der Waals surface area (Å²) in [5.74, 6) is -0.795. The number of hydrogen-bond donors (Lipinski definition) is 1. The molecule has 5 nitrogen and oxygen atoms in total. The predicted molar refractivity (Wildman–Crippen MR) is 90.1 cm³/mol. The van der Waals surface area contributed by atoms with E-state index in [9.17, 15) is 18.3 Å². The van der Waals surface area contributed by atoms with Crippen molar-refractivity contribution < 1.29 is 27.8 Å². The van der Waals surface area contributed by atoms with Crippen LogP contribution in [-0.2, 0) is 11.5 Å². The first-order valence-electron chi connectivity index (χ1n) is 7.73. The summed E-state index contributed by atoms with van der Waals surface area (Å²) in [4.78, 5) is 0. The highest BCUT2D eigenvalue weighted by molar-refractivity contribution is 6.76. The van der Waals surface area contributed by atoms with Crippen LogP contribution in [0.15, 0.2) is 30.6 Å². The highest BCUT2D eigenvalue weighted by Crippen LogP contribution is 2.34. The number of halogens is 3. The van der Waals surface area contributed by atoms with Gasteiger partial charge >= 0.3 is 6.36 Å². The van der Waals surface area contributed by atoms with Gasteiger partial charge in [-0.2, -0.15) is 5.10 Å². The van der Waals surface area contributed by atoms with Gasteiger partial charge in [-0.25, -0.2) is 4.68 Å². The molecule has 2 rings (SSSR count). The van der Waals surface area contributed by atoms with Crippen molar-refractivity contribution in [2.75, 3.05) is 6.61 Å². The molecule has 0 atom stereocenters. The highest BCUT2D eigenvalue weighted by atomic mass is 28.3. The molecule has 0 aliphatic carbocycles. The minimum atomic E-state index is -4.80. The van der Waals surface area contributed by atoms with Crippen molar-refractivity contribution in [1.29, 1.82) is 0 Å². The second-order valence-electron chi connectivity index (χ2n) is 6.84. The summed E-state index contributed by atoms with van der Waals surface area (Å²) in [7, 11) is -1.15. The zero-order valence-corrected chi connectivity index (χ0v) is 15.3. The molecule has 0 unspecified atom stereocenters. The van der Waals surface area contributed by atoms with E-state index in [1.807, 2.05) is 0 Å². The molecule has 1 N–H and O–H groups in total. The SMILES string of the molecule is C[Si](C)(C)CCOCn1cc(-c2ccc(OC(F)(F)F)cc2O)cn1. The van der Waals surface area contributed by atoms with Crippen molar-refractivity contribution in [3.63, 3.8) is 0 Å². The molecule has 1 heterocycles.